The van der Waals surface area contributed by atoms with E-state index in [1.807, 2.05) is 31.2 Å². The largest absolute Gasteiger partial charge is 0.496 e. The van der Waals surface area contributed by atoms with E-state index in [1.165, 1.54) is 0 Å². The normalized spacial score (nSPS) is 10.7. The van der Waals surface area contributed by atoms with Crippen molar-refractivity contribution in [2.45, 2.75) is 27.4 Å². The van der Waals surface area contributed by atoms with Gasteiger partial charge in [0.05, 0.1) is 20.3 Å². The molecule has 3 aromatic rings. The summed E-state index contributed by atoms with van der Waals surface area (Å²) in [5.74, 6) is 0.368. The zero-order chi connectivity index (χ0) is 21.7. The Labute approximate surface area is 177 Å². The maximum atomic E-state index is 12.5. The van der Waals surface area contributed by atoms with E-state index in [1.54, 1.807) is 27.3 Å². The number of ether oxygens (including phenoxy) is 3. The third-order valence-electron chi connectivity index (χ3n) is 5.05. The second-order valence-corrected chi connectivity index (χ2v) is 7.03. The van der Waals surface area contributed by atoms with Crippen LogP contribution in [0.5, 0.6) is 5.75 Å². The zero-order valence-corrected chi connectivity index (χ0v) is 18.1. The lowest BCUT2D eigenvalue weighted by Gasteiger charge is -2.18. The number of nitrogens with zero attached hydrogens (tertiary/aromatic N) is 1. The van der Waals surface area contributed by atoms with Crippen molar-refractivity contribution in [3.63, 3.8) is 0 Å². The molecule has 0 aliphatic heterocycles. The molecule has 5 nitrogen and oxygen atoms in total. The minimum absolute atomic E-state index is 0.260. The van der Waals surface area contributed by atoms with E-state index in [-0.39, 0.29) is 6.61 Å². The topological polar surface area (TPSA) is 57.7 Å². The van der Waals surface area contributed by atoms with Crippen molar-refractivity contribution in [3.05, 3.63) is 71.0 Å². The molecule has 1 aromatic heterocycles. The summed E-state index contributed by atoms with van der Waals surface area (Å²) < 4.78 is 16.2. The Morgan fingerprint density at radius 1 is 1.00 bits per heavy atom. The van der Waals surface area contributed by atoms with Crippen LogP contribution in [0.2, 0.25) is 0 Å². The van der Waals surface area contributed by atoms with Crippen molar-refractivity contribution in [2.75, 3.05) is 20.8 Å². The molecule has 0 saturated carbocycles. The lowest BCUT2D eigenvalue weighted by molar-refractivity contribution is 0.0514. The Morgan fingerprint density at radius 3 is 2.47 bits per heavy atom. The number of hydrogen-bond donors (Lipinski definition) is 0. The van der Waals surface area contributed by atoms with Gasteiger partial charge in [-0.05, 0) is 60.7 Å². The molecule has 0 bridgehead atoms. The minimum atomic E-state index is -0.440. The number of hydrogen-bond acceptors (Lipinski definition) is 5. The van der Waals surface area contributed by atoms with Gasteiger partial charge in [-0.15, -0.1) is 0 Å². The molecule has 0 aliphatic rings. The predicted molar refractivity (Wildman–Crippen MR) is 118 cm³/mol. The molecule has 0 atom stereocenters. The Hall–Kier alpha value is -3.18. The first-order valence-electron chi connectivity index (χ1n) is 9.90. The number of rotatable bonds is 7. The summed E-state index contributed by atoms with van der Waals surface area (Å²) in [6.07, 6.45) is 1.72. The molecular formula is C25H27NO4. The first kappa shape index (κ1) is 21.5. The maximum Gasteiger partial charge on any atom is 0.357 e. The van der Waals surface area contributed by atoms with Crippen LogP contribution in [0.15, 0.2) is 48.7 Å². The van der Waals surface area contributed by atoms with Gasteiger partial charge in [0.15, 0.2) is 5.69 Å². The molecule has 0 aliphatic carbocycles. The standard InChI is InChI=1S/C25H27NO4/c1-6-30-25(27)24-21(15-28-4)23(17(3)14-26-24)20-13-18(12-11-16(20)2)19-9-7-8-10-22(19)29-5/h7-14H,6,15H2,1-5H3. The van der Waals surface area contributed by atoms with Gasteiger partial charge < -0.3 is 14.2 Å². The molecule has 0 N–H and O–H groups in total. The van der Waals surface area contributed by atoms with Crippen LogP contribution in [0.25, 0.3) is 22.3 Å². The number of esters is 1. The molecule has 5 heteroatoms. The molecule has 156 valence electrons. The summed E-state index contributed by atoms with van der Waals surface area (Å²) >= 11 is 0. The molecule has 1 heterocycles. The number of aryl methyl sites for hydroxylation is 2. The monoisotopic (exact) mass is 405 g/mol. The summed E-state index contributed by atoms with van der Waals surface area (Å²) in [5.41, 5.74) is 7.10. The Bertz CT molecular complexity index is 1060. The highest BCUT2D eigenvalue weighted by Gasteiger charge is 2.22. The van der Waals surface area contributed by atoms with Crippen molar-refractivity contribution >= 4 is 5.97 Å². The molecule has 0 radical (unpaired) electrons. The van der Waals surface area contributed by atoms with Crippen LogP contribution in [0.4, 0.5) is 0 Å². The Balaban J connectivity index is 2.25. The van der Waals surface area contributed by atoms with Crippen molar-refractivity contribution in [3.8, 4) is 28.0 Å². The van der Waals surface area contributed by atoms with E-state index < -0.39 is 5.97 Å². The number of para-hydroxylation sites is 1. The summed E-state index contributed by atoms with van der Waals surface area (Å²) in [7, 11) is 3.28. The third kappa shape index (κ3) is 4.21. The first-order valence-corrected chi connectivity index (χ1v) is 9.90. The van der Waals surface area contributed by atoms with E-state index in [0.29, 0.717) is 12.3 Å². The van der Waals surface area contributed by atoms with Gasteiger partial charge in [-0.1, -0.05) is 30.3 Å². The minimum Gasteiger partial charge on any atom is -0.496 e. The molecule has 3 rings (SSSR count). The molecule has 30 heavy (non-hydrogen) atoms. The first-order chi connectivity index (χ1) is 14.5. The smallest absolute Gasteiger partial charge is 0.357 e. The van der Waals surface area contributed by atoms with Gasteiger partial charge in [-0.2, -0.15) is 0 Å². The van der Waals surface area contributed by atoms with Crippen LogP contribution in [0.3, 0.4) is 0 Å². The lowest BCUT2D eigenvalue weighted by atomic mass is 9.89. The van der Waals surface area contributed by atoms with E-state index in [4.69, 9.17) is 14.2 Å². The zero-order valence-electron chi connectivity index (χ0n) is 18.1. The predicted octanol–water partition coefficient (Wildman–Crippen LogP) is 5.36. The van der Waals surface area contributed by atoms with Crippen molar-refractivity contribution in [2.24, 2.45) is 0 Å². The number of carbonyl (C=O) groups excluding carboxylic acids is 1. The van der Waals surface area contributed by atoms with Crippen LogP contribution >= 0.6 is 0 Å². The molecule has 2 aromatic carbocycles. The molecule has 0 saturated heterocycles. The highest BCUT2D eigenvalue weighted by Crippen LogP contribution is 2.37. The lowest BCUT2D eigenvalue weighted by Crippen LogP contribution is -2.13. The van der Waals surface area contributed by atoms with Crippen LogP contribution in [0, 0.1) is 13.8 Å². The van der Waals surface area contributed by atoms with Crippen molar-refractivity contribution < 1.29 is 19.0 Å². The molecule has 0 unspecified atom stereocenters. The summed E-state index contributed by atoms with van der Waals surface area (Å²) in [6, 6.07) is 14.2. The fourth-order valence-electron chi connectivity index (χ4n) is 3.64. The molecule has 0 amide bonds. The average molecular weight is 405 g/mol. The van der Waals surface area contributed by atoms with Gasteiger partial charge in [-0.3, -0.25) is 0 Å². The van der Waals surface area contributed by atoms with Gasteiger partial charge in [0.2, 0.25) is 0 Å². The average Bonchev–Trinajstić information content (AvgIpc) is 2.75. The van der Waals surface area contributed by atoms with E-state index in [0.717, 1.165) is 44.7 Å². The Morgan fingerprint density at radius 2 is 1.77 bits per heavy atom. The highest BCUT2D eigenvalue weighted by molar-refractivity contribution is 5.92. The van der Waals surface area contributed by atoms with Gasteiger partial charge in [0, 0.05) is 24.4 Å². The fraction of sp³-hybridized carbons (Fsp3) is 0.280. The summed E-state index contributed by atoms with van der Waals surface area (Å²) in [5, 5.41) is 0. The van der Waals surface area contributed by atoms with Crippen LogP contribution in [-0.2, 0) is 16.1 Å². The van der Waals surface area contributed by atoms with Crippen LogP contribution in [0.1, 0.15) is 34.1 Å². The summed E-state index contributed by atoms with van der Waals surface area (Å²) in [4.78, 5) is 16.9. The number of aromatic nitrogens is 1. The van der Waals surface area contributed by atoms with Crippen molar-refractivity contribution in [1.82, 2.24) is 4.98 Å². The SMILES string of the molecule is CCOC(=O)c1ncc(C)c(-c2cc(-c3ccccc3OC)ccc2C)c1COC. The van der Waals surface area contributed by atoms with E-state index >= 15 is 0 Å². The van der Waals surface area contributed by atoms with Gasteiger partial charge in [0.1, 0.15) is 5.75 Å². The van der Waals surface area contributed by atoms with Gasteiger partial charge in [0.25, 0.3) is 0 Å². The highest BCUT2D eigenvalue weighted by atomic mass is 16.5. The number of carbonyl (C=O) groups is 1. The quantitative estimate of drug-likeness (QED) is 0.495. The van der Waals surface area contributed by atoms with E-state index in [9.17, 15) is 4.79 Å². The maximum absolute atomic E-state index is 12.5. The number of benzene rings is 2. The number of pyridine rings is 1. The van der Waals surface area contributed by atoms with Crippen LogP contribution in [-0.4, -0.2) is 31.8 Å². The fourth-order valence-corrected chi connectivity index (χ4v) is 3.64. The van der Waals surface area contributed by atoms with Gasteiger partial charge >= 0.3 is 5.97 Å². The molecular weight excluding hydrogens is 378 g/mol. The number of methoxy groups -OCH3 is 2. The second-order valence-electron chi connectivity index (χ2n) is 7.03. The van der Waals surface area contributed by atoms with E-state index in [2.05, 4.69) is 30.1 Å². The molecule has 0 fully saturated rings. The summed E-state index contributed by atoms with van der Waals surface area (Å²) in [6.45, 7) is 6.38. The van der Waals surface area contributed by atoms with Gasteiger partial charge in [-0.25, -0.2) is 9.78 Å². The second kappa shape index (κ2) is 9.55. The Kier molecular flexibility index (Phi) is 6.85. The van der Waals surface area contributed by atoms with Crippen molar-refractivity contribution in [1.29, 1.82) is 0 Å². The molecule has 0 spiro atoms. The third-order valence-corrected chi connectivity index (χ3v) is 5.05. The van der Waals surface area contributed by atoms with Crippen LogP contribution < -0.4 is 4.74 Å².